The van der Waals surface area contributed by atoms with E-state index in [-0.39, 0.29) is 18.7 Å². The van der Waals surface area contributed by atoms with Gasteiger partial charge in [0.2, 0.25) is 5.82 Å². The number of ether oxygens (including phenoxy) is 1. The van der Waals surface area contributed by atoms with Crippen LogP contribution in [0.5, 0.6) is 5.75 Å². The molecule has 0 unspecified atom stereocenters. The number of alkyl halides is 2. The fraction of sp³-hybridized carbons (Fsp3) is 0.192. The Hall–Kier alpha value is -4.36. The third kappa shape index (κ3) is 4.49. The van der Waals surface area contributed by atoms with Crippen LogP contribution in [0.3, 0.4) is 0 Å². The molecule has 11 heteroatoms. The molecule has 0 fully saturated rings. The zero-order valence-corrected chi connectivity index (χ0v) is 20.6. The molecule has 5 rings (SSSR count). The molecule has 5 aromatic rings. The van der Waals surface area contributed by atoms with E-state index in [1.54, 1.807) is 67.2 Å². The Morgan fingerprint density at radius 1 is 1.05 bits per heavy atom. The van der Waals surface area contributed by atoms with E-state index in [2.05, 4.69) is 26.7 Å². The minimum absolute atomic E-state index is 0.0602. The Balaban J connectivity index is 1.52. The molecule has 0 saturated carbocycles. The van der Waals surface area contributed by atoms with Crippen LogP contribution >= 0.6 is 11.6 Å². The van der Waals surface area contributed by atoms with E-state index in [1.807, 2.05) is 0 Å². The summed E-state index contributed by atoms with van der Waals surface area (Å²) in [6.45, 7) is 2.01. The zero-order valence-electron chi connectivity index (χ0n) is 19.9. The van der Waals surface area contributed by atoms with Crippen LogP contribution in [0.4, 0.5) is 8.78 Å². The van der Waals surface area contributed by atoms with Crippen LogP contribution in [0.15, 0.2) is 60.7 Å². The molecule has 0 amide bonds. The summed E-state index contributed by atoms with van der Waals surface area (Å²) in [5.74, 6) is -3.41. The summed E-state index contributed by atoms with van der Waals surface area (Å²) in [6, 6.07) is 18.5. The van der Waals surface area contributed by atoms with Crippen molar-refractivity contribution in [1.29, 1.82) is 5.26 Å². The maximum absolute atomic E-state index is 15.8. The predicted molar refractivity (Wildman–Crippen MR) is 133 cm³/mol. The van der Waals surface area contributed by atoms with E-state index < -0.39 is 11.7 Å². The number of halogens is 3. The van der Waals surface area contributed by atoms with Crippen molar-refractivity contribution < 1.29 is 13.5 Å². The number of aromatic nitrogens is 6. The second-order valence-corrected chi connectivity index (χ2v) is 8.84. The van der Waals surface area contributed by atoms with E-state index in [0.29, 0.717) is 38.5 Å². The van der Waals surface area contributed by atoms with E-state index in [1.165, 1.54) is 12.1 Å². The van der Waals surface area contributed by atoms with Gasteiger partial charge >= 0.3 is 5.92 Å². The standard InChI is InChI=1S/C26H20ClF2N7O/c1-16-21-11-8-19(12-24(21)35(32-16)15-22-18(13-30)4-3-5-23(22)27)26(28,29)25-31-33-34-36(25)14-17-6-9-20(37-2)10-7-17/h3-12H,14-15H2,1-2H3. The van der Waals surface area contributed by atoms with Gasteiger partial charge in [0.1, 0.15) is 5.75 Å². The first-order valence-corrected chi connectivity index (χ1v) is 11.6. The van der Waals surface area contributed by atoms with Gasteiger partial charge in [-0.1, -0.05) is 41.9 Å². The SMILES string of the molecule is COc1ccc(Cn2nnnc2C(F)(F)c2ccc3c(C)nn(Cc4c(Cl)cccc4C#N)c3c2)cc1. The molecule has 0 radical (unpaired) electrons. The highest BCUT2D eigenvalue weighted by Gasteiger charge is 2.40. The second-order valence-electron chi connectivity index (χ2n) is 8.44. The van der Waals surface area contributed by atoms with Gasteiger partial charge in [-0.15, -0.1) is 5.10 Å². The Kier molecular flexibility index (Phi) is 6.31. The summed E-state index contributed by atoms with van der Waals surface area (Å²) in [5.41, 5.74) is 2.56. The third-order valence-electron chi connectivity index (χ3n) is 6.15. The molecule has 37 heavy (non-hydrogen) atoms. The van der Waals surface area contributed by atoms with Crippen molar-refractivity contribution >= 4 is 22.5 Å². The molecule has 0 bridgehead atoms. The van der Waals surface area contributed by atoms with Crippen LogP contribution in [-0.4, -0.2) is 37.1 Å². The van der Waals surface area contributed by atoms with Crippen molar-refractivity contribution in [2.45, 2.75) is 25.9 Å². The first-order chi connectivity index (χ1) is 17.8. The van der Waals surface area contributed by atoms with Gasteiger partial charge in [0.05, 0.1) is 43.0 Å². The molecular weight excluding hydrogens is 500 g/mol. The van der Waals surface area contributed by atoms with E-state index in [0.717, 1.165) is 10.2 Å². The number of nitriles is 1. The fourth-order valence-corrected chi connectivity index (χ4v) is 4.43. The highest BCUT2D eigenvalue weighted by Crippen LogP contribution is 2.36. The Labute approximate surface area is 215 Å². The van der Waals surface area contributed by atoms with Gasteiger partial charge < -0.3 is 4.74 Å². The van der Waals surface area contributed by atoms with Crippen LogP contribution in [0.1, 0.15) is 33.8 Å². The minimum atomic E-state index is -3.49. The lowest BCUT2D eigenvalue weighted by atomic mass is 10.0. The van der Waals surface area contributed by atoms with Gasteiger partial charge in [-0.25, -0.2) is 4.68 Å². The number of methoxy groups -OCH3 is 1. The summed E-state index contributed by atoms with van der Waals surface area (Å²) in [5, 5.41) is 26.1. The molecule has 0 aliphatic carbocycles. The average molecular weight is 520 g/mol. The van der Waals surface area contributed by atoms with Crippen molar-refractivity contribution in [1.82, 2.24) is 30.0 Å². The van der Waals surface area contributed by atoms with Gasteiger partial charge in [0, 0.05) is 21.5 Å². The maximum atomic E-state index is 15.8. The molecule has 0 N–H and O–H groups in total. The highest BCUT2D eigenvalue weighted by molar-refractivity contribution is 6.31. The fourth-order valence-electron chi connectivity index (χ4n) is 4.20. The molecule has 3 aromatic carbocycles. The van der Waals surface area contributed by atoms with Crippen molar-refractivity contribution in [2.24, 2.45) is 0 Å². The van der Waals surface area contributed by atoms with Crippen LogP contribution in [0.2, 0.25) is 5.02 Å². The molecule has 186 valence electrons. The number of hydrogen-bond donors (Lipinski definition) is 0. The molecule has 2 heterocycles. The maximum Gasteiger partial charge on any atom is 0.333 e. The molecule has 0 spiro atoms. The summed E-state index contributed by atoms with van der Waals surface area (Å²) < 4.78 is 39.4. The molecule has 8 nitrogen and oxygen atoms in total. The molecular formula is C26H20ClF2N7O. The van der Waals surface area contributed by atoms with Gasteiger partial charge in [0.15, 0.2) is 0 Å². The van der Waals surface area contributed by atoms with Gasteiger partial charge in [0.25, 0.3) is 0 Å². The van der Waals surface area contributed by atoms with Gasteiger partial charge in [-0.05, 0) is 53.2 Å². The largest absolute Gasteiger partial charge is 0.497 e. The highest BCUT2D eigenvalue weighted by atomic mass is 35.5. The number of rotatable bonds is 7. The molecule has 0 saturated heterocycles. The summed E-state index contributed by atoms with van der Waals surface area (Å²) >= 11 is 6.34. The normalized spacial score (nSPS) is 11.6. The van der Waals surface area contributed by atoms with E-state index in [4.69, 9.17) is 16.3 Å². The van der Waals surface area contributed by atoms with Crippen LogP contribution < -0.4 is 4.74 Å². The Morgan fingerprint density at radius 3 is 2.57 bits per heavy atom. The predicted octanol–water partition coefficient (Wildman–Crippen LogP) is 5.10. The number of benzene rings is 3. The second kappa shape index (κ2) is 9.59. The van der Waals surface area contributed by atoms with Crippen molar-refractivity contribution in [3.05, 3.63) is 99.5 Å². The average Bonchev–Trinajstić information content (AvgIpc) is 3.50. The van der Waals surface area contributed by atoms with E-state index in [9.17, 15) is 5.26 Å². The van der Waals surface area contributed by atoms with Crippen molar-refractivity contribution in [3.8, 4) is 11.8 Å². The minimum Gasteiger partial charge on any atom is -0.497 e. The zero-order chi connectivity index (χ0) is 26.2. The summed E-state index contributed by atoms with van der Waals surface area (Å²) in [6.07, 6.45) is 0. The van der Waals surface area contributed by atoms with Crippen LogP contribution in [0.25, 0.3) is 10.9 Å². The quantitative estimate of drug-likeness (QED) is 0.297. The Bertz CT molecular complexity index is 1640. The lowest BCUT2D eigenvalue weighted by Gasteiger charge is -2.17. The number of tetrazole rings is 1. The number of hydrogen-bond acceptors (Lipinski definition) is 6. The number of aryl methyl sites for hydroxylation is 1. The lowest BCUT2D eigenvalue weighted by Crippen LogP contribution is -2.23. The van der Waals surface area contributed by atoms with Crippen LogP contribution in [0, 0.1) is 18.3 Å². The van der Waals surface area contributed by atoms with Crippen LogP contribution in [-0.2, 0) is 19.0 Å². The first kappa shape index (κ1) is 24.3. The Morgan fingerprint density at radius 2 is 1.84 bits per heavy atom. The summed E-state index contributed by atoms with van der Waals surface area (Å²) in [4.78, 5) is 0. The topological polar surface area (TPSA) is 94.4 Å². The van der Waals surface area contributed by atoms with Crippen molar-refractivity contribution in [2.75, 3.05) is 7.11 Å². The van der Waals surface area contributed by atoms with Gasteiger partial charge in [-0.3, -0.25) is 4.68 Å². The molecule has 0 aliphatic rings. The molecule has 0 aliphatic heterocycles. The first-order valence-electron chi connectivity index (χ1n) is 11.2. The lowest BCUT2D eigenvalue weighted by molar-refractivity contribution is 0.0281. The molecule has 0 atom stereocenters. The monoisotopic (exact) mass is 519 g/mol. The number of fused-ring (bicyclic) bond motifs is 1. The third-order valence-corrected chi connectivity index (χ3v) is 6.50. The number of nitrogens with zero attached hydrogens (tertiary/aromatic N) is 7. The molecule has 2 aromatic heterocycles. The summed E-state index contributed by atoms with van der Waals surface area (Å²) in [7, 11) is 1.55. The smallest absolute Gasteiger partial charge is 0.333 e. The van der Waals surface area contributed by atoms with E-state index >= 15 is 8.78 Å². The van der Waals surface area contributed by atoms with Crippen molar-refractivity contribution in [3.63, 3.8) is 0 Å². The van der Waals surface area contributed by atoms with Gasteiger partial charge in [-0.2, -0.15) is 19.1 Å².